The van der Waals surface area contributed by atoms with Gasteiger partial charge in [-0.05, 0) is 11.6 Å². The predicted octanol–water partition coefficient (Wildman–Crippen LogP) is 3.93. The standard InChI is InChI=1S/C16H16ClN3OS/c1-21-14-9-5-8-13(15(14)17)10-19-20-16(18)22-11-12-6-3-2-4-7-12/h2-10H,11H2,1H3,(H2,18,20). The molecule has 0 aliphatic carbocycles. The van der Waals surface area contributed by atoms with Crippen LogP contribution in [0.2, 0.25) is 5.02 Å². The topological polar surface area (TPSA) is 60.0 Å². The van der Waals surface area contributed by atoms with E-state index in [-0.39, 0.29) is 0 Å². The third-order valence-electron chi connectivity index (χ3n) is 2.80. The Hall–Kier alpha value is -1.98. The number of methoxy groups -OCH3 is 1. The fourth-order valence-electron chi connectivity index (χ4n) is 1.69. The van der Waals surface area contributed by atoms with Crippen LogP contribution in [-0.4, -0.2) is 18.5 Å². The number of nitrogens with zero attached hydrogens (tertiary/aromatic N) is 2. The number of hydrogen-bond acceptors (Lipinski definition) is 4. The van der Waals surface area contributed by atoms with E-state index in [1.54, 1.807) is 19.4 Å². The van der Waals surface area contributed by atoms with E-state index in [9.17, 15) is 0 Å². The van der Waals surface area contributed by atoms with E-state index in [0.717, 1.165) is 11.3 Å². The Kier molecular flexibility index (Phi) is 6.30. The normalized spacial score (nSPS) is 11.8. The van der Waals surface area contributed by atoms with Gasteiger partial charge in [-0.3, -0.25) is 0 Å². The van der Waals surface area contributed by atoms with Crippen LogP contribution >= 0.6 is 23.4 Å². The second-order valence-corrected chi connectivity index (χ2v) is 5.69. The highest BCUT2D eigenvalue weighted by Crippen LogP contribution is 2.26. The van der Waals surface area contributed by atoms with Crippen LogP contribution < -0.4 is 10.5 Å². The van der Waals surface area contributed by atoms with Crippen molar-refractivity contribution >= 4 is 34.7 Å². The van der Waals surface area contributed by atoms with Gasteiger partial charge in [-0.25, -0.2) is 0 Å². The van der Waals surface area contributed by atoms with Crippen molar-refractivity contribution in [3.05, 3.63) is 64.7 Å². The third-order valence-corrected chi connectivity index (χ3v) is 4.06. The molecule has 114 valence electrons. The van der Waals surface area contributed by atoms with E-state index in [1.807, 2.05) is 42.5 Å². The lowest BCUT2D eigenvalue weighted by atomic mass is 10.2. The lowest BCUT2D eigenvalue weighted by molar-refractivity contribution is 0.415. The van der Waals surface area contributed by atoms with E-state index in [2.05, 4.69) is 10.2 Å². The van der Waals surface area contributed by atoms with E-state index in [1.165, 1.54) is 17.3 Å². The maximum atomic E-state index is 6.16. The first-order valence-electron chi connectivity index (χ1n) is 6.56. The fourth-order valence-corrected chi connectivity index (χ4v) is 2.56. The molecule has 2 aromatic rings. The van der Waals surface area contributed by atoms with Crippen LogP contribution in [0.25, 0.3) is 0 Å². The van der Waals surface area contributed by atoms with Gasteiger partial charge in [0.1, 0.15) is 5.75 Å². The van der Waals surface area contributed by atoms with Gasteiger partial charge in [0.15, 0.2) is 5.17 Å². The number of benzene rings is 2. The van der Waals surface area contributed by atoms with Gasteiger partial charge in [0.25, 0.3) is 0 Å². The first-order chi connectivity index (χ1) is 10.7. The molecule has 0 radical (unpaired) electrons. The van der Waals surface area contributed by atoms with Crippen LogP contribution in [0.15, 0.2) is 58.7 Å². The molecular formula is C16H16ClN3OS. The Bertz CT molecular complexity index is 674. The number of halogens is 1. The van der Waals surface area contributed by atoms with Crippen molar-refractivity contribution in [2.45, 2.75) is 5.75 Å². The monoisotopic (exact) mass is 333 g/mol. The maximum absolute atomic E-state index is 6.16. The quantitative estimate of drug-likeness (QED) is 0.512. The Morgan fingerprint density at radius 2 is 2.00 bits per heavy atom. The van der Waals surface area contributed by atoms with Crippen molar-refractivity contribution in [3.63, 3.8) is 0 Å². The summed E-state index contributed by atoms with van der Waals surface area (Å²) in [5.74, 6) is 1.35. The van der Waals surface area contributed by atoms with Gasteiger partial charge in [-0.15, -0.1) is 5.10 Å². The van der Waals surface area contributed by atoms with E-state index in [0.29, 0.717) is 15.9 Å². The molecule has 0 fully saturated rings. The molecule has 0 unspecified atom stereocenters. The molecule has 0 heterocycles. The average molecular weight is 334 g/mol. The lowest BCUT2D eigenvalue weighted by Gasteiger charge is -2.04. The van der Waals surface area contributed by atoms with E-state index in [4.69, 9.17) is 22.1 Å². The smallest absolute Gasteiger partial charge is 0.180 e. The van der Waals surface area contributed by atoms with Crippen LogP contribution in [0.1, 0.15) is 11.1 Å². The number of thioether (sulfide) groups is 1. The van der Waals surface area contributed by atoms with Crippen molar-refractivity contribution < 1.29 is 4.74 Å². The van der Waals surface area contributed by atoms with E-state index < -0.39 is 0 Å². The van der Waals surface area contributed by atoms with Crippen LogP contribution in [0.3, 0.4) is 0 Å². The minimum atomic E-state index is 0.402. The third kappa shape index (κ3) is 4.79. The molecule has 0 aromatic heterocycles. The van der Waals surface area contributed by atoms with Crippen LogP contribution in [0.4, 0.5) is 0 Å². The zero-order chi connectivity index (χ0) is 15.8. The summed E-state index contributed by atoms with van der Waals surface area (Å²) in [6, 6.07) is 15.5. The minimum Gasteiger partial charge on any atom is -0.495 e. The van der Waals surface area contributed by atoms with Crippen molar-refractivity contribution in [1.29, 1.82) is 0 Å². The molecule has 0 saturated carbocycles. The molecule has 0 spiro atoms. The van der Waals surface area contributed by atoms with Gasteiger partial charge in [0.05, 0.1) is 18.3 Å². The Balaban J connectivity index is 1.95. The number of amidine groups is 1. The van der Waals surface area contributed by atoms with Crippen molar-refractivity contribution in [3.8, 4) is 5.75 Å². The zero-order valence-electron chi connectivity index (χ0n) is 12.1. The molecule has 0 aliphatic heterocycles. The zero-order valence-corrected chi connectivity index (χ0v) is 13.6. The molecule has 22 heavy (non-hydrogen) atoms. The number of ether oxygens (including phenoxy) is 1. The molecular weight excluding hydrogens is 318 g/mol. The second-order valence-electron chi connectivity index (χ2n) is 4.32. The predicted molar refractivity (Wildman–Crippen MR) is 95.0 cm³/mol. The second kappa shape index (κ2) is 8.46. The molecule has 2 aromatic carbocycles. The Morgan fingerprint density at radius 3 is 2.73 bits per heavy atom. The van der Waals surface area contributed by atoms with Gasteiger partial charge >= 0.3 is 0 Å². The highest BCUT2D eigenvalue weighted by atomic mass is 35.5. The van der Waals surface area contributed by atoms with Gasteiger partial charge in [0.2, 0.25) is 0 Å². The lowest BCUT2D eigenvalue weighted by Crippen LogP contribution is -2.06. The summed E-state index contributed by atoms with van der Waals surface area (Å²) in [5.41, 5.74) is 7.73. The average Bonchev–Trinajstić information content (AvgIpc) is 2.55. The Morgan fingerprint density at radius 1 is 1.23 bits per heavy atom. The summed E-state index contributed by atoms with van der Waals surface area (Å²) >= 11 is 7.60. The largest absolute Gasteiger partial charge is 0.495 e. The minimum absolute atomic E-state index is 0.402. The van der Waals surface area contributed by atoms with Crippen LogP contribution in [0.5, 0.6) is 5.75 Å². The van der Waals surface area contributed by atoms with Crippen molar-refractivity contribution in [2.75, 3.05) is 7.11 Å². The number of nitrogens with two attached hydrogens (primary N) is 1. The Labute approximate surface area is 139 Å². The molecule has 2 N–H and O–H groups in total. The highest BCUT2D eigenvalue weighted by molar-refractivity contribution is 8.13. The van der Waals surface area contributed by atoms with Gasteiger partial charge in [-0.1, -0.05) is 65.8 Å². The van der Waals surface area contributed by atoms with E-state index >= 15 is 0 Å². The maximum Gasteiger partial charge on any atom is 0.180 e. The van der Waals surface area contributed by atoms with Crippen molar-refractivity contribution in [1.82, 2.24) is 0 Å². The first-order valence-corrected chi connectivity index (χ1v) is 7.93. The number of hydrogen-bond donors (Lipinski definition) is 1. The molecule has 6 heteroatoms. The first kappa shape index (κ1) is 16.4. The summed E-state index contributed by atoms with van der Waals surface area (Å²) in [6.45, 7) is 0. The summed E-state index contributed by atoms with van der Waals surface area (Å²) in [4.78, 5) is 0. The molecule has 0 saturated heterocycles. The van der Waals surface area contributed by atoms with Gasteiger partial charge < -0.3 is 10.5 Å². The molecule has 0 amide bonds. The molecule has 0 bridgehead atoms. The number of rotatable bonds is 5. The van der Waals surface area contributed by atoms with Crippen LogP contribution in [0, 0.1) is 0 Å². The summed E-state index contributed by atoms with van der Waals surface area (Å²) in [6.07, 6.45) is 1.56. The summed E-state index contributed by atoms with van der Waals surface area (Å²) in [5, 5.41) is 8.83. The van der Waals surface area contributed by atoms with Gasteiger partial charge in [0, 0.05) is 11.3 Å². The van der Waals surface area contributed by atoms with Crippen LogP contribution in [-0.2, 0) is 5.75 Å². The van der Waals surface area contributed by atoms with Gasteiger partial charge in [-0.2, -0.15) is 5.10 Å². The molecule has 2 rings (SSSR count). The molecule has 0 atom stereocenters. The highest BCUT2D eigenvalue weighted by Gasteiger charge is 2.03. The summed E-state index contributed by atoms with van der Waals surface area (Å²) < 4.78 is 5.14. The summed E-state index contributed by atoms with van der Waals surface area (Å²) in [7, 11) is 1.57. The van der Waals surface area contributed by atoms with Crippen molar-refractivity contribution in [2.24, 2.45) is 15.9 Å². The SMILES string of the molecule is COc1cccc(C=NN=C(N)SCc2ccccc2)c1Cl. The fraction of sp³-hybridized carbons (Fsp3) is 0.125. The molecule has 4 nitrogen and oxygen atoms in total. The molecule has 0 aliphatic rings.